The summed E-state index contributed by atoms with van der Waals surface area (Å²) in [6.45, 7) is 0. The third-order valence-corrected chi connectivity index (χ3v) is 1.73. The van der Waals surface area contributed by atoms with E-state index in [0.29, 0.717) is 12.8 Å². The number of hydrogen-bond acceptors (Lipinski definition) is 3. The molecule has 0 bridgehead atoms. The Kier molecular flexibility index (Phi) is 2.32. The zero-order valence-corrected chi connectivity index (χ0v) is 6.28. The van der Waals surface area contributed by atoms with Crippen molar-refractivity contribution >= 4 is 11.9 Å². The van der Waals surface area contributed by atoms with Crippen LogP contribution in [-0.4, -0.2) is 28.2 Å². The van der Waals surface area contributed by atoms with Crippen molar-refractivity contribution in [3.05, 3.63) is 11.8 Å². The van der Waals surface area contributed by atoms with E-state index < -0.39 is 18.0 Å². The summed E-state index contributed by atoms with van der Waals surface area (Å²) in [5.74, 6) is -1.94. The number of rotatable bonds is 2. The van der Waals surface area contributed by atoms with Crippen LogP contribution in [0, 0.1) is 0 Å². The van der Waals surface area contributed by atoms with Crippen molar-refractivity contribution in [2.75, 3.05) is 0 Å². The molecule has 12 heavy (non-hydrogen) atoms. The van der Waals surface area contributed by atoms with Crippen LogP contribution >= 0.6 is 0 Å². The lowest BCUT2D eigenvalue weighted by molar-refractivity contribution is -0.140. The molecule has 0 radical (unpaired) electrons. The Morgan fingerprint density at radius 2 is 2.17 bits per heavy atom. The Labute approximate surface area is 68.7 Å². The first kappa shape index (κ1) is 8.58. The predicted octanol–water partition coefficient (Wildman–Crippen LogP) is -0.209. The van der Waals surface area contributed by atoms with E-state index >= 15 is 0 Å². The van der Waals surface area contributed by atoms with Gasteiger partial charge in [-0.1, -0.05) is 0 Å². The van der Waals surface area contributed by atoms with Gasteiger partial charge in [0.1, 0.15) is 6.04 Å². The molecule has 0 fully saturated rings. The smallest absolute Gasteiger partial charge is 0.333 e. The molecule has 66 valence electrons. The lowest BCUT2D eigenvalue weighted by Gasteiger charge is -2.18. The fourth-order valence-corrected chi connectivity index (χ4v) is 1.02. The second kappa shape index (κ2) is 3.25. The molecule has 1 aliphatic rings. The van der Waals surface area contributed by atoms with Crippen LogP contribution < -0.4 is 5.32 Å². The Bertz CT molecular complexity index is 246. The monoisotopic (exact) mass is 171 g/mol. The van der Waals surface area contributed by atoms with E-state index in [9.17, 15) is 9.59 Å². The molecule has 1 unspecified atom stereocenters. The van der Waals surface area contributed by atoms with Gasteiger partial charge >= 0.3 is 11.9 Å². The summed E-state index contributed by atoms with van der Waals surface area (Å²) >= 11 is 0. The Balaban J connectivity index is 2.59. The second-order valence-electron chi connectivity index (χ2n) is 2.57. The number of hydrogen-bond donors (Lipinski definition) is 3. The van der Waals surface area contributed by atoms with Crippen molar-refractivity contribution in [2.24, 2.45) is 0 Å². The van der Waals surface area contributed by atoms with Crippen LogP contribution in [0.4, 0.5) is 0 Å². The normalized spacial score (nSPS) is 22.3. The Morgan fingerprint density at radius 3 is 2.50 bits per heavy atom. The molecule has 1 rings (SSSR count). The molecular formula is C7H9NO4. The lowest BCUT2D eigenvalue weighted by atomic mass is 10.0. The van der Waals surface area contributed by atoms with Crippen molar-refractivity contribution < 1.29 is 19.8 Å². The van der Waals surface area contributed by atoms with Gasteiger partial charge in [0, 0.05) is 6.20 Å². The maximum atomic E-state index is 10.4. The summed E-state index contributed by atoms with van der Waals surface area (Å²) in [4.78, 5) is 20.8. The molecule has 5 heteroatoms. The third kappa shape index (κ3) is 1.75. The zero-order chi connectivity index (χ0) is 9.14. The van der Waals surface area contributed by atoms with Crippen molar-refractivity contribution in [3.63, 3.8) is 0 Å². The van der Waals surface area contributed by atoms with Crippen LogP contribution in [0.2, 0.25) is 0 Å². The summed E-state index contributed by atoms with van der Waals surface area (Å²) in [5, 5.41) is 19.5. The highest BCUT2D eigenvalue weighted by atomic mass is 16.4. The van der Waals surface area contributed by atoms with Crippen LogP contribution in [-0.2, 0) is 9.59 Å². The molecule has 0 aromatic rings. The first-order chi connectivity index (χ1) is 5.61. The van der Waals surface area contributed by atoms with Gasteiger partial charge in [0.25, 0.3) is 0 Å². The predicted molar refractivity (Wildman–Crippen MR) is 39.5 cm³/mol. The van der Waals surface area contributed by atoms with Crippen LogP contribution in [0.5, 0.6) is 0 Å². The van der Waals surface area contributed by atoms with Crippen LogP contribution in [0.15, 0.2) is 11.8 Å². The highest BCUT2D eigenvalue weighted by molar-refractivity contribution is 5.87. The summed E-state index contributed by atoms with van der Waals surface area (Å²) in [5.41, 5.74) is 0.229. The minimum atomic E-state index is -0.994. The quantitative estimate of drug-likeness (QED) is 0.535. The van der Waals surface area contributed by atoms with E-state index in [1.54, 1.807) is 0 Å². The fourth-order valence-electron chi connectivity index (χ4n) is 1.02. The summed E-state index contributed by atoms with van der Waals surface area (Å²) in [7, 11) is 0. The minimum absolute atomic E-state index is 0.229. The first-order valence-electron chi connectivity index (χ1n) is 3.52. The molecule has 0 saturated heterocycles. The number of carboxylic acid groups (broad SMARTS) is 2. The lowest BCUT2D eigenvalue weighted by Crippen LogP contribution is -2.36. The molecule has 5 nitrogen and oxygen atoms in total. The minimum Gasteiger partial charge on any atom is -0.480 e. The molecule has 0 aromatic carbocycles. The summed E-state index contributed by atoms with van der Waals surface area (Å²) < 4.78 is 0. The zero-order valence-electron chi connectivity index (χ0n) is 6.28. The summed E-state index contributed by atoms with van der Waals surface area (Å²) in [6, 6.07) is -0.645. The van der Waals surface area contributed by atoms with E-state index in [1.165, 1.54) is 6.20 Å². The van der Waals surface area contributed by atoms with Gasteiger partial charge in [-0.2, -0.15) is 0 Å². The summed E-state index contributed by atoms with van der Waals surface area (Å²) in [6.07, 6.45) is 1.89. The molecule has 0 aliphatic carbocycles. The third-order valence-electron chi connectivity index (χ3n) is 1.73. The fraction of sp³-hybridized carbons (Fsp3) is 0.429. The average Bonchev–Trinajstić information content (AvgIpc) is 2.04. The van der Waals surface area contributed by atoms with Crippen molar-refractivity contribution in [1.82, 2.24) is 5.32 Å². The number of aliphatic carboxylic acids is 2. The molecule has 0 saturated carbocycles. The number of nitrogens with one attached hydrogen (secondary N) is 1. The van der Waals surface area contributed by atoms with E-state index in [0.717, 1.165) is 0 Å². The van der Waals surface area contributed by atoms with E-state index in [2.05, 4.69) is 5.32 Å². The standard InChI is InChI=1S/C7H9NO4/c9-6(10)4-1-2-5(7(11)12)8-3-4/h3,5,8H,1-2H2,(H,9,10)(H,11,12). The van der Waals surface area contributed by atoms with Gasteiger partial charge in [-0.3, -0.25) is 0 Å². The van der Waals surface area contributed by atoms with Crippen LogP contribution in [0.25, 0.3) is 0 Å². The van der Waals surface area contributed by atoms with Gasteiger partial charge in [-0.05, 0) is 12.8 Å². The highest BCUT2D eigenvalue weighted by Crippen LogP contribution is 2.12. The van der Waals surface area contributed by atoms with Crippen LogP contribution in [0.3, 0.4) is 0 Å². The Hall–Kier alpha value is -1.52. The van der Waals surface area contributed by atoms with Gasteiger partial charge in [-0.25, -0.2) is 9.59 Å². The van der Waals surface area contributed by atoms with Gasteiger partial charge in [0.15, 0.2) is 0 Å². The molecular weight excluding hydrogens is 162 g/mol. The van der Waals surface area contributed by atoms with Crippen molar-refractivity contribution in [1.29, 1.82) is 0 Å². The second-order valence-corrected chi connectivity index (χ2v) is 2.57. The molecule has 0 aromatic heterocycles. The molecule has 1 aliphatic heterocycles. The van der Waals surface area contributed by atoms with Gasteiger partial charge < -0.3 is 15.5 Å². The Morgan fingerprint density at radius 1 is 1.50 bits per heavy atom. The molecule has 1 atom stereocenters. The van der Waals surface area contributed by atoms with Crippen LogP contribution in [0.1, 0.15) is 12.8 Å². The maximum absolute atomic E-state index is 10.4. The van der Waals surface area contributed by atoms with E-state index in [1.807, 2.05) is 0 Å². The SMILES string of the molecule is O=C(O)C1=CNC(C(=O)O)CC1. The molecule has 3 N–H and O–H groups in total. The van der Waals surface area contributed by atoms with Crippen molar-refractivity contribution in [3.8, 4) is 0 Å². The van der Waals surface area contributed by atoms with Gasteiger partial charge in [-0.15, -0.1) is 0 Å². The van der Waals surface area contributed by atoms with E-state index in [-0.39, 0.29) is 5.57 Å². The number of carboxylic acids is 2. The molecule has 0 amide bonds. The number of carbonyl (C=O) groups is 2. The maximum Gasteiger partial charge on any atom is 0.333 e. The average molecular weight is 171 g/mol. The van der Waals surface area contributed by atoms with E-state index in [4.69, 9.17) is 10.2 Å². The van der Waals surface area contributed by atoms with Gasteiger partial charge in [0.05, 0.1) is 5.57 Å². The first-order valence-corrected chi connectivity index (χ1v) is 3.52. The topological polar surface area (TPSA) is 86.6 Å². The molecule has 1 heterocycles. The van der Waals surface area contributed by atoms with Gasteiger partial charge in [0.2, 0.25) is 0 Å². The highest BCUT2D eigenvalue weighted by Gasteiger charge is 2.22. The largest absolute Gasteiger partial charge is 0.480 e. The molecule has 0 spiro atoms. The van der Waals surface area contributed by atoms with Crippen molar-refractivity contribution in [2.45, 2.75) is 18.9 Å².